The highest BCUT2D eigenvalue weighted by molar-refractivity contribution is 5.96. The summed E-state index contributed by atoms with van der Waals surface area (Å²) in [5.74, 6) is 2.39. The largest absolute Gasteiger partial charge is 0.455 e. The van der Waals surface area contributed by atoms with Crippen molar-refractivity contribution in [3.8, 4) is 11.5 Å². The molecule has 1 aliphatic rings. The van der Waals surface area contributed by atoms with E-state index in [1.54, 1.807) is 0 Å². The van der Waals surface area contributed by atoms with E-state index in [9.17, 15) is 0 Å². The van der Waals surface area contributed by atoms with Crippen molar-refractivity contribution in [3.05, 3.63) is 82.9 Å². The lowest BCUT2D eigenvalue weighted by molar-refractivity contribution is 0.459. The second kappa shape index (κ2) is 5.10. The molecule has 122 valence electrons. The van der Waals surface area contributed by atoms with Gasteiger partial charge < -0.3 is 4.74 Å². The lowest BCUT2D eigenvalue weighted by atomic mass is 9.82. The predicted molar refractivity (Wildman–Crippen MR) is 105 cm³/mol. The Balaban J connectivity index is 1.90. The average Bonchev–Trinajstić information content (AvgIpc) is 2.61. The first kappa shape index (κ1) is 14.5. The second-order valence-electron chi connectivity index (χ2n) is 7.14. The molecule has 0 aromatic heterocycles. The Bertz CT molecular complexity index is 1060. The number of ether oxygens (including phenoxy) is 1. The van der Waals surface area contributed by atoms with Gasteiger partial charge in [0.15, 0.2) is 0 Å². The van der Waals surface area contributed by atoms with Crippen LogP contribution in [-0.2, 0) is 0 Å². The molecule has 0 N–H and O–H groups in total. The van der Waals surface area contributed by atoms with Gasteiger partial charge >= 0.3 is 0 Å². The van der Waals surface area contributed by atoms with Crippen LogP contribution in [0, 0.1) is 13.8 Å². The lowest BCUT2D eigenvalue weighted by Gasteiger charge is -2.31. The first-order valence-electron chi connectivity index (χ1n) is 8.87. The van der Waals surface area contributed by atoms with E-state index < -0.39 is 0 Å². The molecule has 1 nitrogen and oxygen atoms in total. The van der Waals surface area contributed by atoms with E-state index in [0.717, 1.165) is 11.5 Å². The molecule has 0 atom stereocenters. The van der Waals surface area contributed by atoms with Crippen molar-refractivity contribution in [2.24, 2.45) is 0 Å². The molecule has 4 aromatic rings. The van der Waals surface area contributed by atoms with E-state index in [1.807, 2.05) is 0 Å². The number of aryl methyl sites for hydroxylation is 2. The molecule has 0 saturated carbocycles. The zero-order valence-electron chi connectivity index (χ0n) is 14.8. The zero-order valence-corrected chi connectivity index (χ0v) is 14.8. The Labute approximate surface area is 147 Å². The normalized spacial score (nSPS) is 13.6. The van der Waals surface area contributed by atoms with Crippen LogP contribution < -0.4 is 4.74 Å². The Kier molecular flexibility index (Phi) is 2.96. The fraction of sp³-hybridized carbons (Fsp3) is 0.167. The van der Waals surface area contributed by atoms with Crippen LogP contribution in [0.5, 0.6) is 11.5 Å². The van der Waals surface area contributed by atoms with Crippen LogP contribution in [0.4, 0.5) is 0 Å². The third kappa shape index (κ3) is 1.96. The van der Waals surface area contributed by atoms with Gasteiger partial charge in [-0.05, 0) is 35.7 Å². The Morgan fingerprint density at radius 3 is 1.60 bits per heavy atom. The number of fused-ring (bicyclic) bond motifs is 6. The van der Waals surface area contributed by atoms with Crippen LogP contribution in [0.1, 0.15) is 35.1 Å². The Morgan fingerprint density at radius 1 is 0.680 bits per heavy atom. The Morgan fingerprint density at radius 2 is 1.12 bits per heavy atom. The van der Waals surface area contributed by atoms with E-state index in [0.29, 0.717) is 5.92 Å². The number of hydrogen-bond acceptors (Lipinski definition) is 1. The van der Waals surface area contributed by atoms with Crippen LogP contribution in [0.3, 0.4) is 0 Å². The molecule has 5 rings (SSSR count). The van der Waals surface area contributed by atoms with Gasteiger partial charge in [0.25, 0.3) is 0 Å². The molecular formula is C24H20O. The summed E-state index contributed by atoms with van der Waals surface area (Å²) in [6.07, 6.45) is 0. The van der Waals surface area contributed by atoms with Crippen molar-refractivity contribution < 1.29 is 4.74 Å². The number of hydrogen-bond donors (Lipinski definition) is 0. The molecule has 25 heavy (non-hydrogen) atoms. The molecule has 1 aliphatic heterocycles. The number of rotatable bonds is 0. The fourth-order valence-corrected chi connectivity index (χ4v) is 4.47. The molecule has 0 bridgehead atoms. The van der Waals surface area contributed by atoms with E-state index >= 15 is 0 Å². The molecule has 0 radical (unpaired) electrons. The van der Waals surface area contributed by atoms with Gasteiger partial charge in [0.2, 0.25) is 0 Å². The molecule has 0 unspecified atom stereocenters. The van der Waals surface area contributed by atoms with E-state index in [4.69, 9.17) is 4.74 Å². The second-order valence-corrected chi connectivity index (χ2v) is 7.14. The highest BCUT2D eigenvalue weighted by Crippen LogP contribution is 2.51. The minimum atomic E-state index is 0.327. The lowest BCUT2D eigenvalue weighted by Crippen LogP contribution is -2.12. The maximum Gasteiger partial charge on any atom is 0.139 e. The molecule has 0 fully saturated rings. The van der Waals surface area contributed by atoms with E-state index in [2.05, 4.69) is 81.4 Å². The summed E-state index contributed by atoms with van der Waals surface area (Å²) in [4.78, 5) is 0. The Hall–Kier alpha value is -2.80. The molecule has 1 heterocycles. The van der Waals surface area contributed by atoms with Crippen molar-refractivity contribution >= 4 is 21.5 Å². The van der Waals surface area contributed by atoms with Gasteiger partial charge in [-0.1, -0.05) is 67.6 Å². The van der Waals surface area contributed by atoms with Crippen LogP contribution in [0.25, 0.3) is 21.5 Å². The summed E-state index contributed by atoms with van der Waals surface area (Å²) >= 11 is 0. The highest BCUT2D eigenvalue weighted by atomic mass is 16.5. The van der Waals surface area contributed by atoms with Crippen molar-refractivity contribution in [2.45, 2.75) is 26.7 Å². The van der Waals surface area contributed by atoms with Gasteiger partial charge in [-0.2, -0.15) is 0 Å². The first-order valence-corrected chi connectivity index (χ1v) is 8.87. The minimum absolute atomic E-state index is 0.327. The van der Waals surface area contributed by atoms with Gasteiger partial charge in [-0.3, -0.25) is 0 Å². The monoisotopic (exact) mass is 324 g/mol. The van der Waals surface area contributed by atoms with Crippen molar-refractivity contribution in [2.75, 3.05) is 0 Å². The maximum atomic E-state index is 6.64. The minimum Gasteiger partial charge on any atom is -0.455 e. The summed E-state index contributed by atoms with van der Waals surface area (Å²) in [6.45, 7) is 6.71. The molecule has 0 aliphatic carbocycles. The summed E-state index contributed by atoms with van der Waals surface area (Å²) in [7, 11) is 0. The highest BCUT2D eigenvalue weighted by Gasteiger charge is 2.30. The third-order valence-electron chi connectivity index (χ3n) is 5.56. The first-order chi connectivity index (χ1) is 12.1. The summed E-state index contributed by atoms with van der Waals surface area (Å²) < 4.78 is 6.64. The topological polar surface area (TPSA) is 9.23 Å². The van der Waals surface area contributed by atoms with Gasteiger partial charge in [-0.25, -0.2) is 0 Å². The smallest absolute Gasteiger partial charge is 0.139 e. The summed E-state index contributed by atoms with van der Waals surface area (Å²) in [5.41, 5.74) is 5.26. The standard InChI is InChI=1S/C24H20O/c1-14-12-17-8-4-6-10-19(17)23-21(14)16(3)22-15(2)13-18-9-5-7-11-20(18)24(22)25-23/h4-13,16H,1-3H3. The van der Waals surface area contributed by atoms with Crippen LogP contribution in [-0.4, -0.2) is 0 Å². The summed E-state index contributed by atoms with van der Waals surface area (Å²) in [6, 6.07) is 21.6. The van der Waals surface area contributed by atoms with E-state index in [-0.39, 0.29) is 0 Å². The van der Waals surface area contributed by atoms with Crippen LogP contribution in [0.15, 0.2) is 60.7 Å². The quantitative estimate of drug-likeness (QED) is 0.343. The molecule has 0 saturated heterocycles. The van der Waals surface area contributed by atoms with Crippen molar-refractivity contribution in [1.82, 2.24) is 0 Å². The van der Waals surface area contributed by atoms with Gasteiger partial charge in [0.05, 0.1) is 0 Å². The fourth-order valence-electron chi connectivity index (χ4n) is 4.47. The maximum absolute atomic E-state index is 6.64. The van der Waals surface area contributed by atoms with Crippen molar-refractivity contribution in [1.29, 1.82) is 0 Å². The molecule has 0 amide bonds. The number of benzene rings is 4. The average molecular weight is 324 g/mol. The van der Waals surface area contributed by atoms with Gasteiger partial charge in [-0.15, -0.1) is 0 Å². The van der Waals surface area contributed by atoms with Crippen molar-refractivity contribution in [3.63, 3.8) is 0 Å². The zero-order chi connectivity index (χ0) is 17.1. The predicted octanol–water partition coefficient (Wildman–Crippen LogP) is 6.87. The third-order valence-corrected chi connectivity index (χ3v) is 5.56. The summed E-state index contributed by atoms with van der Waals surface area (Å²) in [5, 5.41) is 4.88. The SMILES string of the molecule is Cc1cc2ccccc2c2c1C(C)c1c(C)cc3ccccc3c1O2. The van der Waals surface area contributed by atoms with E-state index in [1.165, 1.54) is 43.8 Å². The molecule has 4 aromatic carbocycles. The van der Waals surface area contributed by atoms with Crippen LogP contribution in [0.2, 0.25) is 0 Å². The molecule has 0 spiro atoms. The van der Waals surface area contributed by atoms with Gasteiger partial charge in [0, 0.05) is 27.8 Å². The van der Waals surface area contributed by atoms with Crippen LogP contribution >= 0.6 is 0 Å². The molecule has 1 heteroatoms. The molecular weight excluding hydrogens is 304 g/mol. The van der Waals surface area contributed by atoms with Gasteiger partial charge in [0.1, 0.15) is 11.5 Å².